The summed E-state index contributed by atoms with van der Waals surface area (Å²) in [6.45, 7) is 0.727. The molecule has 13 heteroatoms. The molecule has 2 heterocycles. The molecule has 0 unspecified atom stereocenters. The second-order valence-corrected chi connectivity index (χ2v) is 8.27. The van der Waals surface area contributed by atoms with Crippen molar-refractivity contribution in [1.29, 1.82) is 0 Å². The number of aromatic nitrogens is 1. The number of Topliss-reactive ketones (excluding diaryl/α,β-unsaturated/α-hetero) is 1. The van der Waals surface area contributed by atoms with Gasteiger partial charge in [-0.1, -0.05) is 24.3 Å². The lowest BCUT2D eigenvalue weighted by Gasteiger charge is -2.24. The largest absolute Gasteiger partial charge is 0.573 e. The summed E-state index contributed by atoms with van der Waals surface area (Å²) >= 11 is 0. The molecule has 8 nitrogen and oxygen atoms in total. The lowest BCUT2D eigenvalue weighted by atomic mass is 10.1. The van der Waals surface area contributed by atoms with Crippen LogP contribution in [0.1, 0.15) is 23.7 Å². The monoisotopic (exact) mass is 525 g/mol. The van der Waals surface area contributed by atoms with Crippen LogP contribution in [0.5, 0.6) is 5.75 Å². The van der Waals surface area contributed by atoms with E-state index < -0.39 is 48.0 Å². The number of carbonyl (C=O) groups excluding carboxylic acids is 3. The molecule has 1 aromatic heterocycles. The van der Waals surface area contributed by atoms with Crippen LogP contribution >= 0.6 is 0 Å². The van der Waals surface area contributed by atoms with Crippen molar-refractivity contribution >= 4 is 34.4 Å². The molecule has 2 aromatic carbocycles. The van der Waals surface area contributed by atoms with E-state index in [9.17, 15) is 36.3 Å². The van der Waals surface area contributed by atoms with Crippen LogP contribution in [0.2, 0.25) is 0 Å². The van der Waals surface area contributed by atoms with Gasteiger partial charge < -0.3 is 18.9 Å². The Bertz CT molecular complexity index is 1360. The number of fused-ring (bicyclic) bond motifs is 1. The summed E-state index contributed by atoms with van der Waals surface area (Å²) < 4.78 is 76.0. The van der Waals surface area contributed by atoms with Crippen LogP contribution in [-0.2, 0) is 16.1 Å². The smallest absolute Gasteiger partial charge is 0.425 e. The van der Waals surface area contributed by atoms with Crippen LogP contribution in [0.3, 0.4) is 0 Å². The van der Waals surface area contributed by atoms with E-state index >= 15 is 0 Å². The summed E-state index contributed by atoms with van der Waals surface area (Å²) in [4.78, 5) is 38.3. The molecule has 3 aromatic rings. The van der Waals surface area contributed by atoms with Gasteiger partial charge in [0, 0.05) is 29.1 Å². The number of amides is 2. The summed E-state index contributed by atoms with van der Waals surface area (Å²) in [5.74, 6) is -3.49. The summed E-state index contributed by atoms with van der Waals surface area (Å²) in [5.41, 5.74) is 0.331. The molecule has 0 bridgehead atoms. The normalized spacial score (nSPS) is 17.6. The zero-order chi connectivity index (χ0) is 26.9. The lowest BCUT2D eigenvalue weighted by molar-refractivity contribution is -0.275. The minimum absolute atomic E-state index is 0.206. The van der Waals surface area contributed by atoms with Gasteiger partial charge in [0.1, 0.15) is 12.7 Å². The van der Waals surface area contributed by atoms with Gasteiger partial charge in [0.25, 0.3) is 0 Å². The molecule has 2 atom stereocenters. The molecule has 1 aliphatic heterocycles. The second-order valence-electron chi connectivity index (χ2n) is 8.27. The molecule has 4 rings (SSSR count). The number of ketones is 1. The summed E-state index contributed by atoms with van der Waals surface area (Å²) in [7, 11) is 0. The number of likely N-dealkylation sites (tertiary alicyclic amines) is 1. The molecule has 1 aliphatic rings. The Kier molecular flexibility index (Phi) is 7.05. The third kappa shape index (κ3) is 5.81. The average Bonchev–Trinajstić information content (AvgIpc) is 3.36. The number of hydrogen-bond acceptors (Lipinski definition) is 5. The molecule has 0 saturated carbocycles. The fourth-order valence-corrected chi connectivity index (χ4v) is 4.09. The number of ether oxygens (including phenoxy) is 2. The van der Waals surface area contributed by atoms with Crippen molar-refractivity contribution in [3.05, 3.63) is 60.0 Å². The molecular weight excluding hydrogens is 505 g/mol. The van der Waals surface area contributed by atoms with E-state index in [1.807, 2.05) is 5.32 Å². The molecule has 0 spiro atoms. The number of halogens is 5. The third-order valence-corrected chi connectivity index (χ3v) is 5.66. The zero-order valence-corrected chi connectivity index (χ0v) is 19.2. The maximum Gasteiger partial charge on any atom is 0.573 e. The number of rotatable bonds is 6. The number of nitrogens with zero attached hydrogens (tertiary/aromatic N) is 2. The molecule has 1 saturated heterocycles. The van der Waals surface area contributed by atoms with Gasteiger partial charge in [0.05, 0.1) is 12.2 Å². The van der Waals surface area contributed by atoms with Crippen molar-refractivity contribution < 1.29 is 45.8 Å². The predicted octanol–water partition coefficient (Wildman–Crippen LogP) is 5.03. The van der Waals surface area contributed by atoms with Gasteiger partial charge in [-0.3, -0.25) is 14.9 Å². The van der Waals surface area contributed by atoms with Crippen LogP contribution in [-0.4, -0.2) is 52.6 Å². The van der Waals surface area contributed by atoms with Crippen LogP contribution in [0.4, 0.5) is 32.4 Å². The Balaban J connectivity index is 1.47. The fraction of sp³-hybridized carbons (Fsp3) is 0.292. The first kappa shape index (κ1) is 25.9. The van der Waals surface area contributed by atoms with E-state index in [0.29, 0.717) is 22.5 Å². The number of carbonyl (C=O) groups is 3. The zero-order valence-electron chi connectivity index (χ0n) is 19.2. The molecular formula is C24H20F5N3O5. The number of hydrogen-bond donors (Lipinski definition) is 1. The number of benzene rings is 2. The molecule has 37 heavy (non-hydrogen) atoms. The van der Waals surface area contributed by atoms with Crippen molar-refractivity contribution in [3.63, 3.8) is 0 Å². The molecule has 0 aliphatic carbocycles. The van der Waals surface area contributed by atoms with Crippen LogP contribution < -0.4 is 10.1 Å². The first-order chi connectivity index (χ1) is 17.4. The first-order valence-electron chi connectivity index (χ1n) is 11.0. The van der Waals surface area contributed by atoms with Crippen LogP contribution in [0, 0.1) is 5.82 Å². The number of anilines is 1. The van der Waals surface area contributed by atoms with Crippen molar-refractivity contribution in [1.82, 2.24) is 9.47 Å². The van der Waals surface area contributed by atoms with Crippen LogP contribution in [0.25, 0.3) is 10.9 Å². The van der Waals surface area contributed by atoms with E-state index in [2.05, 4.69) is 4.74 Å². The van der Waals surface area contributed by atoms with Gasteiger partial charge in [-0.15, -0.1) is 13.2 Å². The molecule has 2 amide bonds. The highest BCUT2D eigenvalue weighted by atomic mass is 19.4. The van der Waals surface area contributed by atoms with Crippen molar-refractivity contribution in [3.8, 4) is 5.75 Å². The molecule has 196 valence electrons. The predicted molar refractivity (Wildman–Crippen MR) is 120 cm³/mol. The Morgan fingerprint density at radius 2 is 1.84 bits per heavy atom. The summed E-state index contributed by atoms with van der Waals surface area (Å²) in [6, 6.07) is 9.61. The first-order valence-corrected chi connectivity index (χ1v) is 11.0. The van der Waals surface area contributed by atoms with Crippen molar-refractivity contribution in [2.45, 2.75) is 38.7 Å². The molecule has 1 fully saturated rings. The lowest BCUT2D eigenvalue weighted by Crippen LogP contribution is -2.41. The molecule has 1 N–H and O–H groups in total. The van der Waals surface area contributed by atoms with Gasteiger partial charge in [0.2, 0.25) is 5.91 Å². The Labute approximate surface area is 206 Å². The van der Waals surface area contributed by atoms with Gasteiger partial charge in [0.15, 0.2) is 23.6 Å². The van der Waals surface area contributed by atoms with Gasteiger partial charge in [-0.2, -0.15) is 0 Å². The van der Waals surface area contributed by atoms with E-state index in [4.69, 9.17) is 4.74 Å². The van der Waals surface area contributed by atoms with E-state index in [1.165, 1.54) is 17.7 Å². The highest BCUT2D eigenvalue weighted by Gasteiger charge is 2.38. The van der Waals surface area contributed by atoms with Gasteiger partial charge in [-0.25, -0.2) is 13.6 Å². The minimum Gasteiger partial charge on any atom is -0.425 e. The van der Waals surface area contributed by atoms with Crippen LogP contribution in [0.15, 0.2) is 48.7 Å². The SMILES string of the molecule is CC(=O)c1cn(CC(=O)N2C[C@H](F)C[C@@H]2OC(=O)Nc2cccc(OC(F)(F)F)c2F)c2ccccc12. The second kappa shape index (κ2) is 10.1. The Morgan fingerprint density at radius 1 is 1.11 bits per heavy atom. The van der Waals surface area contributed by atoms with Crippen molar-refractivity contribution in [2.75, 3.05) is 11.9 Å². The number of alkyl halides is 4. The Morgan fingerprint density at radius 3 is 2.54 bits per heavy atom. The minimum atomic E-state index is -5.16. The maximum absolute atomic E-state index is 14.3. The molecule has 0 radical (unpaired) electrons. The third-order valence-electron chi connectivity index (χ3n) is 5.66. The fourth-order valence-electron chi connectivity index (χ4n) is 4.09. The van der Waals surface area contributed by atoms with E-state index in [1.54, 1.807) is 24.3 Å². The topological polar surface area (TPSA) is 89.9 Å². The average molecular weight is 525 g/mol. The number of para-hydroxylation sites is 1. The quantitative estimate of drug-likeness (QED) is 0.360. The Hall–Kier alpha value is -4.16. The van der Waals surface area contributed by atoms with Gasteiger partial charge >= 0.3 is 12.5 Å². The maximum atomic E-state index is 14.3. The highest BCUT2D eigenvalue weighted by molar-refractivity contribution is 6.07. The van der Waals surface area contributed by atoms with Crippen molar-refractivity contribution in [2.24, 2.45) is 0 Å². The van der Waals surface area contributed by atoms with E-state index in [-0.39, 0.29) is 25.3 Å². The van der Waals surface area contributed by atoms with E-state index in [0.717, 1.165) is 17.0 Å². The van der Waals surface area contributed by atoms with Gasteiger partial charge in [-0.05, 0) is 25.1 Å². The standard InChI is InChI=1S/C24H20F5N3O5/c1-13(33)16-11-31(18-7-3-2-5-15(16)18)12-20(34)32-10-14(25)9-21(32)36-23(35)30-17-6-4-8-19(22(17)26)37-24(27,28)29/h2-8,11,14,21H,9-10,12H2,1H3,(H,30,35)/t14-,21+/m1/s1. The highest BCUT2D eigenvalue weighted by Crippen LogP contribution is 2.30. The number of nitrogens with one attached hydrogen (secondary N) is 1. The summed E-state index contributed by atoms with van der Waals surface area (Å²) in [5, 5.41) is 2.58. The summed E-state index contributed by atoms with van der Waals surface area (Å²) in [6.07, 6.45) is -8.19.